The van der Waals surface area contributed by atoms with Gasteiger partial charge in [-0.1, -0.05) is 26.0 Å². The van der Waals surface area contributed by atoms with Crippen LogP contribution in [0.2, 0.25) is 0 Å². The van der Waals surface area contributed by atoms with Crippen molar-refractivity contribution in [2.75, 3.05) is 32.1 Å². The number of fused-ring (bicyclic) bond motifs is 1. The highest BCUT2D eigenvalue weighted by atomic mass is 16.2. The highest BCUT2D eigenvalue weighted by Crippen LogP contribution is 2.36. The molecule has 2 aliphatic heterocycles. The maximum absolute atomic E-state index is 12.8. The van der Waals surface area contributed by atoms with Gasteiger partial charge in [0.05, 0.1) is 6.04 Å². The SMILES string of the molecule is CN(C)CCC(C)(C)c1ccc(N2C(=O)N3CCC[C@@H]3C2C(N)=O)cc1. The number of carbonyl (C=O) groups excluding carboxylic acids is 2. The van der Waals surface area contributed by atoms with Gasteiger partial charge in [-0.25, -0.2) is 4.79 Å². The summed E-state index contributed by atoms with van der Waals surface area (Å²) in [5, 5.41) is 0. The van der Waals surface area contributed by atoms with Gasteiger partial charge in [0.1, 0.15) is 6.04 Å². The molecular weight excluding hydrogens is 328 g/mol. The number of nitrogens with zero attached hydrogens (tertiary/aromatic N) is 3. The zero-order valence-electron chi connectivity index (χ0n) is 16.2. The maximum atomic E-state index is 12.8. The quantitative estimate of drug-likeness (QED) is 0.847. The van der Waals surface area contributed by atoms with Crippen LogP contribution in [0.1, 0.15) is 38.7 Å². The molecule has 2 N–H and O–H groups in total. The van der Waals surface area contributed by atoms with Crippen molar-refractivity contribution in [1.29, 1.82) is 0 Å². The lowest BCUT2D eigenvalue weighted by Gasteiger charge is -2.28. The van der Waals surface area contributed by atoms with E-state index in [1.54, 1.807) is 9.80 Å². The van der Waals surface area contributed by atoms with Gasteiger partial charge < -0.3 is 15.5 Å². The van der Waals surface area contributed by atoms with E-state index in [9.17, 15) is 9.59 Å². The van der Waals surface area contributed by atoms with Crippen molar-refractivity contribution in [2.45, 2.75) is 50.6 Å². The summed E-state index contributed by atoms with van der Waals surface area (Å²) in [6, 6.07) is 7.27. The molecule has 3 amide bonds. The van der Waals surface area contributed by atoms with Gasteiger partial charge in [0, 0.05) is 12.2 Å². The minimum atomic E-state index is -0.572. The third-order valence-corrected chi connectivity index (χ3v) is 5.80. The molecule has 0 radical (unpaired) electrons. The Bertz CT molecular complexity index is 684. The standard InChI is InChI=1S/C20H30N4O2/c1-20(2,11-13-22(3)4)14-7-9-15(10-8-14)24-17(18(21)25)16-6-5-12-23(16)19(24)26/h7-10,16-17H,5-6,11-13H2,1-4H3,(H2,21,25)/t16-,17?/m1/s1. The Morgan fingerprint density at radius 1 is 1.27 bits per heavy atom. The lowest BCUT2D eigenvalue weighted by molar-refractivity contribution is -0.119. The van der Waals surface area contributed by atoms with E-state index in [1.807, 2.05) is 12.1 Å². The molecule has 3 rings (SSSR count). The first kappa shape index (κ1) is 18.7. The van der Waals surface area contributed by atoms with Crippen LogP contribution in [0.5, 0.6) is 0 Å². The third-order valence-electron chi connectivity index (χ3n) is 5.80. The number of nitrogens with two attached hydrogens (primary N) is 1. The molecule has 6 nitrogen and oxygen atoms in total. The summed E-state index contributed by atoms with van der Waals surface area (Å²) >= 11 is 0. The smallest absolute Gasteiger partial charge is 0.325 e. The highest BCUT2D eigenvalue weighted by molar-refractivity contribution is 6.03. The van der Waals surface area contributed by atoms with E-state index < -0.39 is 11.9 Å². The molecule has 142 valence electrons. The van der Waals surface area contributed by atoms with Crippen molar-refractivity contribution >= 4 is 17.6 Å². The van der Waals surface area contributed by atoms with Crippen molar-refractivity contribution in [1.82, 2.24) is 9.80 Å². The second-order valence-corrected chi connectivity index (χ2v) is 8.39. The molecule has 1 aromatic carbocycles. The van der Waals surface area contributed by atoms with Gasteiger partial charge in [0.15, 0.2) is 0 Å². The van der Waals surface area contributed by atoms with E-state index in [0.717, 1.165) is 31.5 Å². The fourth-order valence-corrected chi connectivity index (χ4v) is 4.10. The Hall–Kier alpha value is -2.08. The summed E-state index contributed by atoms with van der Waals surface area (Å²) in [5.41, 5.74) is 7.67. The number of rotatable bonds is 6. The molecule has 26 heavy (non-hydrogen) atoms. The van der Waals surface area contributed by atoms with Crippen LogP contribution in [0.25, 0.3) is 0 Å². The third kappa shape index (κ3) is 3.30. The number of hydrogen-bond acceptors (Lipinski definition) is 3. The van der Waals surface area contributed by atoms with E-state index in [1.165, 1.54) is 5.56 Å². The van der Waals surface area contributed by atoms with Crippen LogP contribution in [-0.2, 0) is 10.2 Å². The molecular formula is C20H30N4O2. The summed E-state index contributed by atoms with van der Waals surface area (Å²) < 4.78 is 0. The van der Waals surface area contributed by atoms with Crippen LogP contribution in [-0.4, -0.2) is 61.0 Å². The largest absolute Gasteiger partial charge is 0.368 e. The maximum Gasteiger partial charge on any atom is 0.325 e. The zero-order chi connectivity index (χ0) is 19.1. The van der Waals surface area contributed by atoms with E-state index in [4.69, 9.17) is 5.73 Å². The minimum Gasteiger partial charge on any atom is -0.368 e. The summed E-state index contributed by atoms with van der Waals surface area (Å²) in [4.78, 5) is 30.4. The Labute approximate surface area is 155 Å². The summed E-state index contributed by atoms with van der Waals surface area (Å²) in [5.74, 6) is -0.428. The van der Waals surface area contributed by atoms with Crippen LogP contribution >= 0.6 is 0 Å². The van der Waals surface area contributed by atoms with Crippen LogP contribution in [0.4, 0.5) is 10.5 Å². The van der Waals surface area contributed by atoms with Gasteiger partial charge in [0.2, 0.25) is 5.91 Å². The Balaban J connectivity index is 1.83. The molecule has 6 heteroatoms. The summed E-state index contributed by atoms with van der Waals surface area (Å²) in [6.45, 7) is 6.18. The number of hydrogen-bond donors (Lipinski definition) is 1. The van der Waals surface area contributed by atoms with Crippen molar-refractivity contribution in [3.05, 3.63) is 29.8 Å². The van der Waals surface area contributed by atoms with Crippen LogP contribution in [0, 0.1) is 0 Å². The summed E-state index contributed by atoms with van der Waals surface area (Å²) in [7, 11) is 4.16. The zero-order valence-corrected chi connectivity index (χ0v) is 16.2. The second-order valence-electron chi connectivity index (χ2n) is 8.39. The molecule has 0 aliphatic carbocycles. The van der Waals surface area contributed by atoms with Crippen LogP contribution in [0.3, 0.4) is 0 Å². The van der Waals surface area contributed by atoms with Crippen LogP contribution < -0.4 is 10.6 Å². The minimum absolute atomic E-state index is 0.0426. The Morgan fingerprint density at radius 2 is 1.92 bits per heavy atom. The number of anilines is 1. The van der Waals surface area contributed by atoms with Crippen LogP contribution in [0.15, 0.2) is 24.3 Å². The molecule has 1 aromatic rings. The molecule has 2 saturated heterocycles. The number of amides is 3. The van der Waals surface area contributed by atoms with Gasteiger partial charge in [0.25, 0.3) is 0 Å². The van der Waals surface area contributed by atoms with E-state index in [2.05, 4.69) is 45.0 Å². The summed E-state index contributed by atoms with van der Waals surface area (Å²) in [6.07, 6.45) is 2.82. The van der Waals surface area contributed by atoms with Crippen molar-refractivity contribution in [2.24, 2.45) is 5.73 Å². The molecule has 0 spiro atoms. The number of primary amides is 1. The first-order chi connectivity index (χ1) is 12.2. The first-order valence-electron chi connectivity index (χ1n) is 9.37. The molecule has 2 aliphatic rings. The first-order valence-corrected chi connectivity index (χ1v) is 9.37. The normalized spacial score (nSPS) is 23.0. The molecule has 0 saturated carbocycles. The molecule has 2 atom stereocenters. The second kappa shape index (κ2) is 6.91. The monoisotopic (exact) mass is 358 g/mol. The van der Waals surface area contributed by atoms with Gasteiger partial charge in [-0.15, -0.1) is 0 Å². The highest BCUT2D eigenvalue weighted by Gasteiger charge is 2.51. The average molecular weight is 358 g/mol. The predicted octanol–water partition coefficient (Wildman–Crippen LogP) is 2.17. The number of benzene rings is 1. The van der Waals surface area contributed by atoms with Gasteiger partial charge in [-0.2, -0.15) is 0 Å². The fraction of sp³-hybridized carbons (Fsp3) is 0.600. The van der Waals surface area contributed by atoms with E-state index in [0.29, 0.717) is 6.54 Å². The van der Waals surface area contributed by atoms with Crippen molar-refractivity contribution in [3.63, 3.8) is 0 Å². The van der Waals surface area contributed by atoms with Gasteiger partial charge in [-0.3, -0.25) is 9.69 Å². The lowest BCUT2D eigenvalue weighted by atomic mass is 9.81. The molecule has 1 unspecified atom stereocenters. The topological polar surface area (TPSA) is 69.9 Å². The Kier molecular flexibility index (Phi) is 4.97. The fourth-order valence-electron chi connectivity index (χ4n) is 4.10. The molecule has 0 aromatic heterocycles. The van der Waals surface area contributed by atoms with E-state index in [-0.39, 0.29) is 17.5 Å². The predicted molar refractivity (Wildman–Crippen MR) is 103 cm³/mol. The van der Waals surface area contributed by atoms with Gasteiger partial charge >= 0.3 is 6.03 Å². The molecule has 2 fully saturated rings. The van der Waals surface area contributed by atoms with Gasteiger partial charge in [-0.05, 0) is 63.0 Å². The Morgan fingerprint density at radius 3 is 2.50 bits per heavy atom. The number of carbonyl (C=O) groups is 2. The molecule has 0 bridgehead atoms. The van der Waals surface area contributed by atoms with E-state index >= 15 is 0 Å². The lowest BCUT2D eigenvalue weighted by Crippen LogP contribution is -2.46. The average Bonchev–Trinajstić information content (AvgIpc) is 3.15. The van der Waals surface area contributed by atoms with Crippen molar-refractivity contribution < 1.29 is 9.59 Å². The number of urea groups is 1. The molecule has 2 heterocycles. The van der Waals surface area contributed by atoms with Crippen molar-refractivity contribution in [3.8, 4) is 0 Å².